The molecule has 0 atom stereocenters. The number of nitrogens with zero attached hydrogens (tertiary/aromatic N) is 1. The first-order chi connectivity index (χ1) is 7.93. The highest BCUT2D eigenvalue weighted by Crippen LogP contribution is 2.28. The van der Waals surface area contributed by atoms with E-state index in [1.807, 2.05) is 44.0 Å². The first-order valence-electron chi connectivity index (χ1n) is 6.21. The maximum absolute atomic E-state index is 11.4. The van der Waals surface area contributed by atoms with Crippen LogP contribution in [0.25, 0.3) is 0 Å². The molecule has 0 bridgehead atoms. The summed E-state index contributed by atoms with van der Waals surface area (Å²) in [4.78, 5) is 13.2. The number of likely N-dealkylation sites (tertiary alicyclic amines) is 1. The van der Waals surface area contributed by atoms with Gasteiger partial charge in [0.2, 0.25) is 5.91 Å². The molecular formula is C15H23NO. The van der Waals surface area contributed by atoms with Crippen molar-refractivity contribution in [1.82, 2.24) is 4.90 Å². The highest BCUT2D eigenvalue weighted by molar-refractivity contribution is 5.82. The van der Waals surface area contributed by atoms with E-state index in [4.69, 9.17) is 0 Å². The molecule has 1 aliphatic heterocycles. The summed E-state index contributed by atoms with van der Waals surface area (Å²) in [5, 5.41) is 0. The largest absolute Gasteiger partial charge is 0.345 e. The minimum Gasteiger partial charge on any atom is -0.345 e. The van der Waals surface area contributed by atoms with Gasteiger partial charge in [-0.05, 0) is 19.8 Å². The Labute approximate surface area is 105 Å². The van der Waals surface area contributed by atoms with Crippen LogP contribution < -0.4 is 0 Å². The normalized spacial score (nSPS) is 18.4. The zero-order valence-corrected chi connectivity index (χ0v) is 11.4. The summed E-state index contributed by atoms with van der Waals surface area (Å²) >= 11 is 0. The minimum absolute atomic E-state index is 0.104. The van der Waals surface area contributed by atoms with Crippen LogP contribution in [0.3, 0.4) is 0 Å². The fourth-order valence-corrected chi connectivity index (χ4v) is 2.02. The lowest BCUT2D eigenvalue weighted by Crippen LogP contribution is -2.43. The molecule has 1 saturated heterocycles. The lowest BCUT2D eigenvalue weighted by molar-refractivity contribution is -0.142. The van der Waals surface area contributed by atoms with Gasteiger partial charge < -0.3 is 4.90 Å². The summed E-state index contributed by atoms with van der Waals surface area (Å²) in [5.41, 5.74) is 1.22. The van der Waals surface area contributed by atoms with E-state index in [1.54, 1.807) is 0 Å². The topological polar surface area (TPSA) is 20.3 Å². The Balaban J connectivity index is 0.000000181. The molecule has 17 heavy (non-hydrogen) atoms. The summed E-state index contributed by atoms with van der Waals surface area (Å²) in [6.07, 6.45) is 2.19. The molecule has 2 rings (SSSR count). The van der Waals surface area contributed by atoms with Crippen molar-refractivity contribution in [3.8, 4) is 0 Å². The zero-order chi connectivity index (χ0) is 12.9. The van der Waals surface area contributed by atoms with E-state index in [0.29, 0.717) is 5.91 Å². The second-order valence-electron chi connectivity index (χ2n) is 5.37. The quantitative estimate of drug-likeness (QED) is 0.673. The van der Waals surface area contributed by atoms with Gasteiger partial charge in [0.25, 0.3) is 0 Å². The average Bonchev–Trinajstić information content (AvgIpc) is 2.28. The molecule has 2 nitrogen and oxygen atoms in total. The van der Waals surface area contributed by atoms with Crippen LogP contribution in [0.4, 0.5) is 0 Å². The molecule has 0 aromatic heterocycles. The molecule has 1 aromatic rings. The molecule has 2 heteroatoms. The van der Waals surface area contributed by atoms with Gasteiger partial charge in [-0.2, -0.15) is 0 Å². The van der Waals surface area contributed by atoms with Crippen molar-refractivity contribution in [2.45, 2.75) is 33.6 Å². The number of piperidine rings is 1. The predicted octanol–water partition coefficient (Wildman–Crippen LogP) is 3.26. The molecule has 94 valence electrons. The van der Waals surface area contributed by atoms with Gasteiger partial charge in [-0.15, -0.1) is 0 Å². The summed E-state index contributed by atoms with van der Waals surface area (Å²) < 4.78 is 0. The maximum atomic E-state index is 11.4. The highest BCUT2D eigenvalue weighted by atomic mass is 16.2. The fourth-order valence-electron chi connectivity index (χ4n) is 2.02. The predicted molar refractivity (Wildman–Crippen MR) is 71.8 cm³/mol. The Morgan fingerprint density at radius 2 is 1.76 bits per heavy atom. The number of aryl methyl sites for hydroxylation is 1. The van der Waals surface area contributed by atoms with Gasteiger partial charge in [-0.25, -0.2) is 0 Å². The van der Waals surface area contributed by atoms with E-state index < -0.39 is 0 Å². The van der Waals surface area contributed by atoms with Gasteiger partial charge in [-0.3, -0.25) is 4.79 Å². The average molecular weight is 233 g/mol. The SMILES string of the molecule is CN1CCCC(C)(C)C1=O.Cc1ccccc1. The third kappa shape index (κ3) is 4.22. The zero-order valence-electron chi connectivity index (χ0n) is 11.4. The van der Waals surface area contributed by atoms with Crippen LogP contribution in [0.15, 0.2) is 30.3 Å². The molecule has 0 saturated carbocycles. The van der Waals surface area contributed by atoms with Crippen LogP contribution in [0.2, 0.25) is 0 Å². The van der Waals surface area contributed by atoms with Gasteiger partial charge in [-0.1, -0.05) is 49.7 Å². The smallest absolute Gasteiger partial charge is 0.227 e. The standard InChI is InChI=1S/C8H15NO.C7H8/c1-8(2)5-4-6-9(3)7(8)10;1-7-5-3-2-4-6-7/h4-6H2,1-3H3;2-6H,1H3. The van der Waals surface area contributed by atoms with Crippen LogP contribution in [0.5, 0.6) is 0 Å². The number of amides is 1. The number of carbonyl (C=O) groups is 1. The van der Waals surface area contributed by atoms with Crippen LogP contribution in [-0.4, -0.2) is 24.4 Å². The van der Waals surface area contributed by atoms with E-state index in [0.717, 1.165) is 19.4 Å². The second-order valence-corrected chi connectivity index (χ2v) is 5.37. The van der Waals surface area contributed by atoms with Crippen LogP contribution in [0, 0.1) is 12.3 Å². The third-order valence-electron chi connectivity index (χ3n) is 3.16. The monoisotopic (exact) mass is 233 g/mol. The Hall–Kier alpha value is -1.31. The lowest BCUT2D eigenvalue weighted by atomic mass is 9.83. The van der Waals surface area contributed by atoms with Gasteiger partial charge >= 0.3 is 0 Å². The molecular weight excluding hydrogens is 210 g/mol. The van der Waals surface area contributed by atoms with Crippen molar-refractivity contribution in [1.29, 1.82) is 0 Å². The van der Waals surface area contributed by atoms with E-state index in [1.165, 1.54) is 5.56 Å². The van der Waals surface area contributed by atoms with Gasteiger partial charge in [0.15, 0.2) is 0 Å². The summed E-state index contributed by atoms with van der Waals surface area (Å²) in [7, 11) is 1.88. The van der Waals surface area contributed by atoms with Gasteiger partial charge in [0.05, 0.1) is 0 Å². The van der Waals surface area contributed by atoms with E-state index in [-0.39, 0.29) is 5.41 Å². The first-order valence-corrected chi connectivity index (χ1v) is 6.21. The van der Waals surface area contributed by atoms with Crippen LogP contribution in [0.1, 0.15) is 32.3 Å². The third-order valence-corrected chi connectivity index (χ3v) is 3.16. The fraction of sp³-hybridized carbons (Fsp3) is 0.533. The van der Waals surface area contributed by atoms with Crippen molar-refractivity contribution >= 4 is 5.91 Å². The van der Waals surface area contributed by atoms with Crippen molar-refractivity contribution in [2.24, 2.45) is 5.41 Å². The molecule has 1 amide bonds. The molecule has 1 heterocycles. The second kappa shape index (κ2) is 5.85. The van der Waals surface area contributed by atoms with Crippen molar-refractivity contribution in [3.05, 3.63) is 35.9 Å². The van der Waals surface area contributed by atoms with Crippen LogP contribution in [-0.2, 0) is 4.79 Å². The van der Waals surface area contributed by atoms with Crippen LogP contribution >= 0.6 is 0 Å². The summed E-state index contributed by atoms with van der Waals surface area (Å²) in [6.45, 7) is 7.05. The molecule has 1 fully saturated rings. The minimum atomic E-state index is -0.104. The lowest BCUT2D eigenvalue weighted by Gasteiger charge is -2.34. The number of rotatable bonds is 0. The molecule has 0 spiro atoms. The number of hydrogen-bond acceptors (Lipinski definition) is 1. The van der Waals surface area contributed by atoms with E-state index >= 15 is 0 Å². The maximum Gasteiger partial charge on any atom is 0.227 e. The molecule has 0 unspecified atom stereocenters. The molecule has 0 aliphatic carbocycles. The Morgan fingerprint density at radius 3 is 2.12 bits per heavy atom. The number of hydrogen-bond donors (Lipinski definition) is 0. The first kappa shape index (κ1) is 13.8. The highest BCUT2D eigenvalue weighted by Gasteiger charge is 2.33. The van der Waals surface area contributed by atoms with Crippen molar-refractivity contribution < 1.29 is 4.79 Å². The van der Waals surface area contributed by atoms with E-state index in [2.05, 4.69) is 19.1 Å². The summed E-state index contributed by atoms with van der Waals surface area (Å²) in [5.74, 6) is 0.291. The van der Waals surface area contributed by atoms with Gasteiger partial charge in [0.1, 0.15) is 0 Å². The molecule has 1 aliphatic rings. The Bertz CT molecular complexity index is 356. The summed E-state index contributed by atoms with van der Waals surface area (Å²) in [6, 6.07) is 10.3. The van der Waals surface area contributed by atoms with Gasteiger partial charge in [0, 0.05) is 19.0 Å². The molecule has 0 N–H and O–H groups in total. The number of carbonyl (C=O) groups excluding carboxylic acids is 1. The Kier molecular flexibility index (Phi) is 4.73. The Morgan fingerprint density at radius 1 is 1.18 bits per heavy atom. The van der Waals surface area contributed by atoms with Crippen molar-refractivity contribution in [2.75, 3.05) is 13.6 Å². The molecule has 1 aromatic carbocycles. The van der Waals surface area contributed by atoms with E-state index in [9.17, 15) is 4.79 Å². The van der Waals surface area contributed by atoms with Crippen molar-refractivity contribution in [3.63, 3.8) is 0 Å². The number of benzene rings is 1. The molecule has 0 radical (unpaired) electrons.